The summed E-state index contributed by atoms with van der Waals surface area (Å²) in [7, 11) is 0. The van der Waals surface area contributed by atoms with E-state index >= 15 is 0 Å². The highest BCUT2D eigenvalue weighted by molar-refractivity contribution is 9.10. The molecule has 3 rings (SSSR count). The number of aromatic nitrogens is 2. The van der Waals surface area contributed by atoms with Crippen LogP contribution in [-0.4, -0.2) is 21.9 Å². The molecule has 28 heavy (non-hydrogen) atoms. The Morgan fingerprint density at radius 2 is 1.89 bits per heavy atom. The molecule has 1 heterocycles. The molecule has 0 saturated heterocycles. The average molecular weight is 462 g/mol. The lowest BCUT2D eigenvalue weighted by Crippen LogP contribution is -2.14. The first-order valence-electron chi connectivity index (χ1n) is 8.61. The molecule has 0 spiro atoms. The van der Waals surface area contributed by atoms with Crippen molar-refractivity contribution in [2.45, 2.75) is 32.6 Å². The van der Waals surface area contributed by atoms with Gasteiger partial charge in [0.25, 0.3) is 11.1 Å². The maximum Gasteiger partial charge on any atom is 0.277 e. The Kier molecular flexibility index (Phi) is 6.74. The van der Waals surface area contributed by atoms with Gasteiger partial charge in [-0.1, -0.05) is 33.8 Å². The van der Waals surface area contributed by atoms with Crippen molar-refractivity contribution in [1.82, 2.24) is 10.2 Å². The molecular formula is C20H20BrN3O3S. The SMILES string of the molecule is Cc1cc(C)cc(OCc2nnc(SCC(=O)Nc3ccc(Br)c(C)c3)o2)c1. The van der Waals surface area contributed by atoms with E-state index in [1.165, 1.54) is 11.8 Å². The molecule has 1 aromatic heterocycles. The van der Waals surface area contributed by atoms with Gasteiger partial charge in [-0.25, -0.2) is 0 Å². The molecule has 0 fully saturated rings. The fourth-order valence-electron chi connectivity index (χ4n) is 2.56. The fourth-order valence-corrected chi connectivity index (χ4v) is 3.39. The molecule has 0 aliphatic carbocycles. The average Bonchev–Trinajstić information content (AvgIpc) is 3.09. The molecule has 0 aliphatic heterocycles. The van der Waals surface area contributed by atoms with Crippen LogP contribution in [-0.2, 0) is 11.4 Å². The largest absolute Gasteiger partial charge is 0.484 e. The van der Waals surface area contributed by atoms with Crippen molar-refractivity contribution in [3.05, 3.63) is 63.5 Å². The summed E-state index contributed by atoms with van der Waals surface area (Å²) in [6, 6.07) is 11.6. The van der Waals surface area contributed by atoms with Gasteiger partial charge in [0, 0.05) is 10.2 Å². The molecule has 0 aliphatic rings. The first kappa shape index (κ1) is 20.4. The summed E-state index contributed by atoms with van der Waals surface area (Å²) in [4.78, 5) is 12.1. The molecule has 0 atom stereocenters. The van der Waals surface area contributed by atoms with E-state index < -0.39 is 0 Å². The number of aryl methyl sites for hydroxylation is 3. The number of nitrogens with one attached hydrogen (secondary N) is 1. The minimum Gasteiger partial charge on any atom is -0.484 e. The number of ether oxygens (including phenoxy) is 1. The van der Waals surface area contributed by atoms with Crippen molar-refractivity contribution in [1.29, 1.82) is 0 Å². The van der Waals surface area contributed by atoms with Crippen LogP contribution in [0, 0.1) is 20.8 Å². The van der Waals surface area contributed by atoms with E-state index in [9.17, 15) is 4.79 Å². The predicted octanol–water partition coefficient (Wildman–Crippen LogP) is 5.07. The molecule has 146 valence electrons. The monoisotopic (exact) mass is 461 g/mol. The Balaban J connectivity index is 1.48. The standard InChI is InChI=1S/C20H20BrN3O3S/c1-12-6-13(2)8-16(7-12)26-10-19-23-24-20(27-19)28-11-18(25)22-15-4-5-17(21)14(3)9-15/h4-9H,10-11H2,1-3H3,(H,22,25). The minimum atomic E-state index is -0.141. The summed E-state index contributed by atoms with van der Waals surface area (Å²) < 4.78 is 12.2. The molecule has 2 aromatic carbocycles. The highest BCUT2D eigenvalue weighted by Gasteiger charge is 2.11. The Labute approximate surface area is 176 Å². The lowest BCUT2D eigenvalue weighted by Gasteiger charge is -2.06. The van der Waals surface area contributed by atoms with Crippen molar-refractivity contribution >= 4 is 39.3 Å². The number of carbonyl (C=O) groups is 1. The molecule has 8 heteroatoms. The number of anilines is 1. The zero-order valence-corrected chi connectivity index (χ0v) is 18.2. The molecule has 1 amide bonds. The van der Waals surface area contributed by atoms with Gasteiger partial charge in [0.15, 0.2) is 6.61 Å². The van der Waals surface area contributed by atoms with Gasteiger partial charge in [0.05, 0.1) is 5.75 Å². The quantitative estimate of drug-likeness (QED) is 0.495. The van der Waals surface area contributed by atoms with E-state index in [1.807, 2.05) is 51.1 Å². The van der Waals surface area contributed by atoms with E-state index in [0.717, 1.165) is 32.6 Å². The molecule has 0 saturated carbocycles. The van der Waals surface area contributed by atoms with Crippen LogP contribution in [0.15, 0.2) is 50.5 Å². The van der Waals surface area contributed by atoms with Crippen LogP contribution in [0.4, 0.5) is 5.69 Å². The van der Waals surface area contributed by atoms with E-state index in [0.29, 0.717) is 11.1 Å². The molecule has 0 bridgehead atoms. The summed E-state index contributed by atoms with van der Waals surface area (Å²) in [6.07, 6.45) is 0. The van der Waals surface area contributed by atoms with Crippen LogP contribution < -0.4 is 10.1 Å². The number of amides is 1. The van der Waals surface area contributed by atoms with E-state index in [4.69, 9.17) is 9.15 Å². The molecular weight excluding hydrogens is 442 g/mol. The van der Waals surface area contributed by atoms with Crippen molar-refractivity contribution in [2.24, 2.45) is 0 Å². The van der Waals surface area contributed by atoms with Crippen LogP contribution in [0.25, 0.3) is 0 Å². The number of benzene rings is 2. The number of carbonyl (C=O) groups excluding carboxylic acids is 1. The number of rotatable bonds is 7. The Hall–Kier alpha value is -2.32. The Morgan fingerprint density at radius 1 is 1.14 bits per heavy atom. The molecule has 0 radical (unpaired) electrons. The van der Waals surface area contributed by atoms with Gasteiger partial charge < -0.3 is 14.5 Å². The van der Waals surface area contributed by atoms with Gasteiger partial charge in [-0.05, 0) is 67.8 Å². The second kappa shape index (κ2) is 9.25. The first-order chi connectivity index (χ1) is 13.4. The number of hydrogen-bond acceptors (Lipinski definition) is 6. The van der Waals surface area contributed by atoms with Gasteiger partial charge in [0.1, 0.15) is 5.75 Å². The lowest BCUT2D eigenvalue weighted by atomic mass is 10.1. The minimum absolute atomic E-state index is 0.141. The lowest BCUT2D eigenvalue weighted by molar-refractivity contribution is -0.113. The van der Waals surface area contributed by atoms with Crippen molar-refractivity contribution < 1.29 is 13.9 Å². The van der Waals surface area contributed by atoms with Gasteiger partial charge in [-0.15, -0.1) is 10.2 Å². The van der Waals surface area contributed by atoms with E-state index in [1.54, 1.807) is 0 Å². The number of thioether (sulfide) groups is 1. The summed E-state index contributed by atoms with van der Waals surface area (Å²) in [5.41, 5.74) is 4.06. The van der Waals surface area contributed by atoms with Crippen LogP contribution in [0.1, 0.15) is 22.6 Å². The normalized spacial score (nSPS) is 10.7. The Bertz CT molecular complexity index is 970. The van der Waals surface area contributed by atoms with Crippen molar-refractivity contribution in [2.75, 3.05) is 11.1 Å². The molecule has 0 unspecified atom stereocenters. The highest BCUT2D eigenvalue weighted by atomic mass is 79.9. The first-order valence-corrected chi connectivity index (χ1v) is 10.4. The molecule has 1 N–H and O–H groups in total. The third kappa shape index (κ3) is 5.84. The zero-order chi connectivity index (χ0) is 20.1. The zero-order valence-electron chi connectivity index (χ0n) is 15.8. The smallest absolute Gasteiger partial charge is 0.277 e. The summed E-state index contributed by atoms with van der Waals surface area (Å²) in [5.74, 6) is 1.16. The van der Waals surface area contributed by atoms with Crippen molar-refractivity contribution in [3.8, 4) is 5.75 Å². The number of nitrogens with zero attached hydrogens (tertiary/aromatic N) is 2. The maximum absolute atomic E-state index is 12.1. The van der Waals surface area contributed by atoms with Crippen molar-refractivity contribution in [3.63, 3.8) is 0 Å². The van der Waals surface area contributed by atoms with E-state index in [2.05, 4.69) is 37.5 Å². The molecule has 3 aromatic rings. The third-order valence-corrected chi connectivity index (χ3v) is 5.48. The second-order valence-electron chi connectivity index (χ2n) is 6.37. The third-order valence-electron chi connectivity index (χ3n) is 3.77. The second-order valence-corrected chi connectivity index (χ2v) is 8.16. The molecule has 6 nitrogen and oxygen atoms in total. The van der Waals surface area contributed by atoms with Gasteiger partial charge in [0.2, 0.25) is 5.91 Å². The van der Waals surface area contributed by atoms with Gasteiger partial charge in [-0.2, -0.15) is 0 Å². The van der Waals surface area contributed by atoms with Gasteiger partial charge in [-0.3, -0.25) is 4.79 Å². The van der Waals surface area contributed by atoms with Crippen LogP contribution in [0.5, 0.6) is 5.75 Å². The maximum atomic E-state index is 12.1. The summed E-state index contributed by atoms with van der Waals surface area (Å²) >= 11 is 4.62. The van der Waals surface area contributed by atoms with E-state index in [-0.39, 0.29) is 18.3 Å². The van der Waals surface area contributed by atoms with Gasteiger partial charge >= 0.3 is 0 Å². The fraction of sp³-hybridized carbons (Fsp3) is 0.250. The summed E-state index contributed by atoms with van der Waals surface area (Å²) in [5, 5.41) is 11.1. The summed E-state index contributed by atoms with van der Waals surface area (Å²) in [6.45, 7) is 6.18. The highest BCUT2D eigenvalue weighted by Crippen LogP contribution is 2.22. The number of halogens is 1. The predicted molar refractivity (Wildman–Crippen MR) is 113 cm³/mol. The topological polar surface area (TPSA) is 77.2 Å². The van der Waals surface area contributed by atoms with Crippen LogP contribution in [0.2, 0.25) is 0 Å². The van der Waals surface area contributed by atoms with Crippen LogP contribution >= 0.6 is 27.7 Å². The number of hydrogen-bond donors (Lipinski definition) is 1. The Morgan fingerprint density at radius 3 is 2.61 bits per heavy atom. The van der Waals surface area contributed by atoms with Crippen LogP contribution in [0.3, 0.4) is 0 Å².